The van der Waals surface area contributed by atoms with Crippen molar-refractivity contribution in [3.8, 4) is 11.6 Å². The molecule has 2 rings (SSSR count). The molecule has 0 saturated heterocycles. The number of pyridine rings is 1. The van der Waals surface area contributed by atoms with E-state index in [0.29, 0.717) is 5.88 Å². The Labute approximate surface area is 106 Å². The Morgan fingerprint density at radius 3 is 2.67 bits per heavy atom. The van der Waals surface area contributed by atoms with Crippen LogP contribution in [0.1, 0.15) is 18.2 Å². The summed E-state index contributed by atoms with van der Waals surface area (Å²) in [5.41, 5.74) is 2.56. The van der Waals surface area contributed by atoms with Crippen molar-refractivity contribution in [3.63, 3.8) is 0 Å². The summed E-state index contributed by atoms with van der Waals surface area (Å²) in [4.78, 5) is 4.31. The molecule has 92 valence electrons. The summed E-state index contributed by atoms with van der Waals surface area (Å²) in [7, 11) is 1.59. The lowest BCUT2D eigenvalue weighted by Crippen LogP contribution is -1.89. The van der Waals surface area contributed by atoms with E-state index < -0.39 is 0 Å². The first-order valence-corrected chi connectivity index (χ1v) is 5.68. The molecule has 1 aromatic carbocycles. The van der Waals surface area contributed by atoms with Crippen LogP contribution in [0.15, 0.2) is 42.5 Å². The van der Waals surface area contributed by atoms with Crippen LogP contribution in [0.5, 0.6) is 11.6 Å². The van der Waals surface area contributed by atoms with E-state index in [1.807, 2.05) is 37.3 Å². The van der Waals surface area contributed by atoms with Gasteiger partial charge in [-0.25, -0.2) is 4.98 Å². The minimum absolute atomic E-state index is 0.272. The molecule has 1 aromatic heterocycles. The molecule has 0 aliphatic carbocycles. The highest BCUT2D eigenvalue weighted by Crippen LogP contribution is 2.25. The van der Waals surface area contributed by atoms with Gasteiger partial charge in [0.25, 0.3) is 0 Å². The number of para-hydroxylation sites is 1. The normalized spacial score (nSPS) is 11.3. The van der Waals surface area contributed by atoms with Gasteiger partial charge in [-0.15, -0.1) is 0 Å². The monoisotopic (exact) mass is 241 g/mol. The molecule has 1 heterocycles. The lowest BCUT2D eigenvalue weighted by molar-refractivity contribution is 0.397. The van der Waals surface area contributed by atoms with E-state index in [-0.39, 0.29) is 5.75 Å². The highest BCUT2D eigenvalue weighted by atomic mass is 16.5. The zero-order chi connectivity index (χ0) is 13.0. The van der Waals surface area contributed by atoms with Crippen molar-refractivity contribution in [1.29, 1.82) is 0 Å². The molecule has 3 heteroatoms. The third-order valence-electron chi connectivity index (χ3n) is 2.65. The molecule has 0 spiro atoms. The summed E-state index contributed by atoms with van der Waals surface area (Å²) >= 11 is 0. The summed E-state index contributed by atoms with van der Waals surface area (Å²) in [5, 5.41) is 9.77. The maximum atomic E-state index is 9.77. The number of hydrogen-bond acceptors (Lipinski definition) is 3. The van der Waals surface area contributed by atoms with Crippen molar-refractivity contribution in [1.82, 2.24) is 4.98 Å². The number of phenols is 1. The summed E-state index contributed by atoms with van der Waals surface area (Å²) in [5.74, 6) is 0.850. The van der Waals surface area contributed by atoms with E-state index in [2.05, 4.69) is 4.98 Å². The zero-order valence-corrected chi connectivity index (χ0v) is 10.4. The second-order valence-electron chi connectivity index (χ2n) is 3.95. The Hall–Kier alpha value is -2.29. The topological polar surface area (TPSA) is 42.4 Å². The second kappa shape index (κ2) is 5.36. The van der Waals surface area contributed by atoms with E-state index in [0.717, 1.165) is 16.8 Å². The molecule has 0 bridgehead atoms. The lowest BCUT2D eigenvalue weighted by Gasteiger charge is -2.05. The first kappa shape index (κ1) is 12.2. The van der Waals surface area contributed by atoms with E-state index >= 15 is 0 Å². The number of phenolic OH excluding ortho intramolecular Hbond substituents is 1. The van der Waals surface area contributed by atoms with Gasteiger partial charge in [0.1, 0.15) is 5.75 Å². The summed E-state index contributed by atoms with van der Waals surface area (Å²) in [6.45, 7) is 1.94. The molecule has 3 nitrogen and oxygen atoms in total. The highest BCUT2D eigenvalue weighted by molar-refractivity contribution is 5.81. The maximum Gasteiger partial charge on any atom is 0.213 e. The third-order valence-corrected chi connectivity index (χ3v) is 2.65. The Kier molecular flexibility index (Phi) is 3.63. The van der Waals surface area contributed by atoms with Gasteiger partial charge in [-0.3, -0.25) is 0 Å². The predicted molar refractivity (Wildman–Crippen MR) is 72.4 cm³/mol. The number of aromatic nitrogens is 1. The van der Waals surface area contributed by atoms with Gasteiger partial charge in [-0.1, -0.05) is 24.3 Å². The zero-order valence-electron chi connectivity index (χ0n) is 10.4. The fourth-order valence-corrected chi connectivity index (χ4v) is 1.73. The molecule has 0 saturated carbocycles. The van der Waals surface area contributed by atoms with Crippen LogP contribution in [-0.4, -0.2) is 17.2 Å². The summed E-state index contributed by atoms with van der Waals surface area (Å²) in [6, 6.07) is 12.8. The van der Waals surface area contributed by atoms with Gasteiger partial charge in [-0.2, -0.15) is 0 Å². The molecular weight excluding hydrogens is 226 g/mol. The van der Waals surface area contributed by atoms with Crippen molar-refractivity contribution in [2.24, 2.45) is 0 Å². The van der Waals surface area contributed by atoms with Gasteiger partial charge in [0.15, 0.2) is 0 Å². The van der Waals surface area contributed by atoms with Gasteiger partial charge in [0, 0.05) is 11.6 Å². The van der Waals surface area contributed by atoms with Crippen LogP contribution in [0.2, 0.25) is 0 Å². The lowest BCUT2D eigenvalue weighted by atomic mass is 10.1. The van der Waals surface area contributed by atoms with Crippen LogP contribution in [0.4, 0.5) is 0 Å². The largest absolute Gasteiger partial charge is 0.507 e. The maximum absolute atomic E-state index is 9.77. The minimum atomic E-state index is 0.272. The van der Waals surface area contributed by atoms with Crippen molar-refractivity contribution >= 4 is 11.6 Å². The molecule has 0 aliphatic heterocycles. The van der Waals surface area contributed by atoms with Gasteiger partial charge in [-0.05, 0) is 30.7 Å². The standard InChI is InChI=1S/C15H15NO2/c1-11(13-7-3-4-8-14(13)17)10-12-6-5-9-15(16-12)18-2/h3-10,17H,1-2H3/b11-10+. The smallest absolute Gasteiger partial charge is 0.213 e. The number of methoxy groups -OCH3 is 1. The quantitative estimate of drug-likeness (QED) is 0.896. The van der Waals surface area contributed by atoms with Crippen molar-refractivity contribution in [2.75, 3.05) is 7.11 Å². The fourth-order valence-electron chi connectivity index (χ4n) is 1.73. The molecule has 0 fully saturated rings. The van der Waals surface area contributed by atoms with Gasteiger partial charge < -0.3 is 9.84 Å². The number of aromatic hydroxyl groups is 1. The van der Waals surface area contributed by atoms with E-state index in [4.69, 9.17) is 4.74 Å². The second-order valence-corrected chi connectivity index (χ2v) is 3.95. The van der Waals surface area contributed by atoms with Crippen molar-refractivity contribution < 1.29 is 9.84 Å². The fraction of sp³-hybridized carbons (Fsp3) is 0.133. The Morgan fingerprint density at radius 2 is 1.94 bits per heavy atom. The summed E-state index contributed by atoms with van der Waals surface area (Å²) in [6.07, 6.45) is 1.91. The third kappa shape index (κ3) is 2.69. The van der Waals surface area contributed by atoms with E-state index in [9.17, 15) is 5.11 Å². The average molecular weight is 241 g/mol. The highest BCUT2D eigenvalue weighted by Gasteiger charge is 2.02. The van der Waals surface area contributed by atoms with Crippen LogP contribution in [0, 0.1) is 0 Å². The number of nitrogens with zero attached hydrogens (tertiary/aromatic N) is 1. The Bertz CT molecular complexity index is 576. The van der Waals surface area contributed by atoms with Gasteiger partial charge >= 0.3 is 0 Å². The number of benzene rings is 1. The van der Waals surface area contributed by atoms with Crippen LogP contribution in [-0.2, 0) is 0 Å². The Balaban J connectivity index is 2.35. The minimum Gasteiger partial charge on any atom is -0.507 e. The van der Waals surface area contributed by atoms with Crippen LogP contribution < -0.4 is 4.74 Å². The van der Waals surface area contributed by atoms with Crippen LogP contribution >= 0.6 is 0 Å². The Morgan fingerprint density at radius 1 is 1.17 bits per heavy atom. The molecule has 18 heavy (non-hydrogen) atoms. The van der Waals surface area contributed by atoms with Crippen molar-refractivity contribution in [3.05, 3.63) is 53.7 Å². The first-order valence-electron chi connectivity index (χ1n) is 5.68. The predicted octanol–water partition coefficient (Wildman–Crippen LogP) is 3.36. The van der Waals surface area contributed by atoms with E-state index in [1.165, 1.54) is 0 Å². The van der Waals surface area contributed by atoms with E-state index in [1.54, 1.807) is 25.3 Å². The van der Waals surface area contributed by atoms with Crippen LogP contribution in [0.25, 0.3) is 11.6 Å². The molecule has 0 unspecified atom stereocenters. The SMILES string of the molecule is COc1cccc(/C=C(\C)c2ccccc2O)n1. The molecular formula is C15H15NO2. The molecule has 0 atom stereocenters. The number of hydrogen-bond donors (Lipinski definition) is 1. The van der Waals surface area contributed by atoms with Crippen molar-refractivity contribution in [2.45, 2.75) is 6.92 Å². The molecule has 0 aliphatic rings. The molecule has 0 radical (unpaired) electrons. The van der Waals surface area contributed by atoms with Crippen LogP contribution in [0.3, 0.4) is 0 Å². The van der Waals surface area contributed by atoms with Gasteiger partial charge in [0.2, 0.25) is 5.88 Å². The van der Waals surface area contributed by atoms with Gasteiger partial charge in [0.05, 0.1) is 12.8 Å². The number of allylic oxidation sites excluding steroid dienone is 1. The number of ether oxygens (including phenoxy) is 1. The molecule has 0 amide bonds. The molecule has 2 aromatic rings. The first-order chi connectivity index (χ1) is 8.70. The molecule has 1 N–H and O–H groups in total. The average Bonchev–Trinajstić information content (AvgIpc) is 2.39. The summed E-state index contributed by atoms with van der Waals surface area (Å²) < 4.78 is 5.08. The number of rotatable bonds is 3.